The summed E-state index contributed by atoms with van der Waals surface area (Å²) in [7, 11) is 0. The van der Waals surface area contributed by atoms with Crippen LogP contribution in [0, 0.1) is 0 Å². The van der Waals surface area contributed by atoms with Crippen LogP contribution in [0.1, 0.15) is 155 Å². The first-order valence-corrected chi connectivity index (χ1v) is 16.7. The van der Waals surface area contributed by atoms with Gasteiger partial charge < -0.3 is 20.9 Å². The van der Waals surface area contributed by atoms with E-state index >= 15 is 0 Å². The number of hydrogen-bond donors (Lipinski definition) is 3. The fourth-order valence-corrected chi connectivity index (χ4v) is 4.63. The number of unbranched alkanes of at least 4 members (excludes halogenated alkanes) is 13. The molecule has 7 heteroatoms. The zero-order valence-electron chi connectivity index (χ0n) is 26.4. The van der Waals surface area contributed by atoms with Gasteiger partial charge in [-0.05, 0) is 83.2 Å². The fourth-order valence-electron chi connectivity index (χ4n) is 4.63. The summed E-state index contributed by atoms with van der Waals surface area (Å²) >= 11 is 0. The largest absolute Gasteiger partial charge is 0.480 e. The number of amides is 1. The number of aliphatic carboxylic acids is 1. The summed E-state index contributed by atoms with van der Waals surface area (Å²) in [5, 5.41) is 11.8. The van der Waals surface area contributed by atoms with E-state index in [1.54, 1.807) is 0 Å². The number of carboxylic acid groups (broad SMARTS) is 1. The predicted molar refractivity (Wildman–Crippen MR) is 170 cm³/mol. The minimum atomic E-state index is -1.02. The van der Waals surface area contributed by atoms with Crippen LogP contribution in [0.4, 0.5) is 0 Å². The number of carbonyl (C=O) groups excluding carboxylic acids is 2. The summed E-state index contributed by atoms with van der Waals surface area (Å²) < 4.78 is 5.81. The Morgan fingerprint density at radius 1 is 0.707 bits per heavy atom. The molecule has 0 bridgehead atoms. The van der Waals surface area contributed by atoms with E-state index in [-0.39, 0.29) is 18.0 Å². The first-order valence-electron chi connectivity index (χ1n) is 16.7. The molecule has 0 aliphatic carbocycles. The van der Waals surface area contributed by atoms with Gasteiger partial charge in [-0.2, -0.15) is 0 Å². The summed E-state index contributed by atoms with van der Waals surface area (Å²) in [6.07, 6.45) is 29.6. The molecule has 0 aliphatic heterocycles. The van der Waals surface area contributed by atoms with Gasteiger partial charge >= 0.3 is 11.9 Å². The van der Waals surface area contributed by atoms with Crippen molar-refractivity contribution in [1.82, 2.24) is 5.32 Å². The molecule has 0 aromatic carbocycles. The van der Waals surface area contributed by atoms with Crippen LogP contribution in [0.5, 0.6) is 0 Å². The van der Waals surface area contributed by atoms with Gasteiger partial charge in [0, 0.05) is 12.8 Å². The van der Waals surface area contributed by atoms with Crippen LogP contribution in [-0.2, 0) is 19.1 Å². The van der Waals surface area contributed by atoms with E-state index in [0.717, 1.165) is 64.2 Å². The van der Waals surface area contributed by atoms with Crippen molar-refractivity contribution in [2.24, 2.45) is 5.73 Å². The van der Waals surface area contributed by atoms with Gasteiger partial charge in [0.2, 0.25) is 5.91 Å². The van der Waals surface area contributed by atoms with Crippen molar-refractivity contribution in [3.8, 4) is 0 Å². The highest BCUT2D eigenvalue weighted by Gasteiger charge is 2.18. The van der Waals surface area contributed by atoms with E-state index in [9.17, 15) is 19.5 Å². The van der Waals surface area contributed by atoms with E-state index in [1.165, 1.54) is 44.9 Å². The van der Waals surface area contributed by atoms with Gasteiger partial charge in [0.05, 0.1) is 0 Å². The Bertz CT molecular complexity index is 707. The first kappa shape index (κ1) is 38.9. The van der Waals surface area contributed by atoms with E-state index in [4.69, 9.17) is 10.5 Å². The summed E-state index contributed by atoms with van der Waals surface area (Å²) in [5.74, 6) is -1.35. The number of esters is 1. The second kappa shape index (κ2) is 29.3. The molecular weight excluding hydrogens is 516 g/mol. The van der Waals surface area contributed by atoms with Crippen LogP contribution in [0.25, 0.3) is 0 Å². The third kappa shape index (κ3) is 26.5. The lowest BCUT2D eigenvalue weighted by Gasteiger charge is -2.15. The van der Waals surface area contributed by atoms with Gasteiger partial charge in [0.15, 0.2) is 0 Å². The van der Waals surface area contributed by atoms with Crippen molar-refractivity contribution >= 4 is 17.8 Å². The lowest BCUT2D eigenvalue weighted by molar-refractivity contribution is -0.147. The molecule has 0 aromatic rings. The molecule has 0 fully saturated rings. The standard InChI is InChI=1S/C34H62N2O5/c1-3-5-7-9-10-11-12-13-14-15-16-22-28-33(38)41-30(24-19-8-6-4-2)25-20-17-18-21-27-32(37)36-31(34(39)40)26-23-29-35/h10-11,19,24,30-31H,3-9,12-18,20-23,25-29,35H2,1-2H3,(H,36,37)(H,39,40)/b11-10-,24-19-. The lowest BCUT2D eigenvalue weighted by atomic mass is 10.1. The van der Waals surface area contributed by atoms with Crippen molar-refractivity contribution in [2.45, 2.75) is 167 Å². The minimum Gasteiger partial charge on any atom is -0.480 e. The SMILES string of the molecule is CCCC/C=C\C(CCCCCCC(=O)NC(CCCN)C(=O)O)OC(=O)CCCCCCC/C=C\CCCCC. The second-order valence-corrected chi connectivity index (χ2v) is 11.2. The topological polar surface area (TPSA) is 119 Å². The minimum absolute atomic E-state index is 0.107. The molecule has 0 rings (SSSR count). The number of hydrogen-bond acceptors (Lipinski definition) is 5. The number of nitrogens with two attached hydrogens (primary N) is 1. The molecule has 0 saturated carbocycles. The quantitative estimate of drug-likeness (QED) is 0.0468. The zero-order chi connectivity index (χ0) is 30.4. The molecule has 238 valence electrons. The van der Waals surface area contributed by atoms with Crippen LogP contribution in [0.2, 0.25) is 0 Å². The smallest absolute Gasteiger partial charge is 0.326 e. The van der Waals surface area contributed by atoms with Crippen LogP contribution in [-0.4, -0.2) is 41.6 Å². The molecule has 2 unspecified atom stereocenters. The van der Waals surface area contributed by atoms with Crippen molar-refractivity contribution in [2.75, 3.05) is 6.54 Å². The summed E-state index contributed by atoms with van der Waals surface area (Å²) in [4.78, 5) is 35.9. The van der Waals surface area contributed by atoms with Crippen LogP contribution in [0.3, 0.4) is 0 Å². The molecule has 0 saturated heterocycles. The van der Waals surface area contributed by atoms with Crippen molar-refractivity contribution in [3.05, 3.63) is 24.3 Å². The van der Waals surface area contributed by atoms with Crippen LogP contribution < -0.4 is 11.1 Å². The Balaban J connectivity index is 4.17. The average molecular weight is 579 g/mol. The Morgan fingerprint density at radius 3 is 1.95 bits per heavy atom. The van der Waals surface area contributed by atoms with Gasteiger partial charge in [-0.15, -0.1) is 0 Å². The second-order valence-electron chi connectivity index (χ2n) is 11.2. The average Bonchev–Trinajstić information content (AvgIpc) is 2.95. The Labute approximate surface area is 251 Å². The van der Waals surface area contributed by atoms with E-state index in [1.807, 2.05) is 6.08 Å². The first-order chi connectivity index (χ1) is 19.9. The fraction of sp³-hybridized carbons (Fsp3) is 0.794. The molecule has 0 heterocycles. The number of ether oxygens (including phenoxy) is 1. The van der Waals surface area contributed by atoms with Gasteiger partial charge in [0.25, 0.3) is 0 Å². The van der Waals surface area contributed by atoms with Crippen molar-refractivity contribution < 1.29 is 24.2 Å². The molecule has 1 amide bonds. The highest BCUT2D eigenvalue weighted by atomic mass is 16.5. The molecule has 4 N–H and O–H groups in total. The van der Waals surface area contributed by atoms with Gasteiger partial charge in [-0.1, -0.05) is 89.9 Å². The highest BCUT2D eigenvalue weighted by molar-refractivity contribution is 5.83. The maximum absolute atomic E-state index is 12.5. The zero-order valence-corrected chi connectivity index (χ0v) is 26.4. The maximum atomic E-state index is 12.5. The van der Waals surface area contributed by atoms with Gasteiger partial charge in [0.1, 0.15) is 12.1 Å². The summed E-state index contributed by atoms with van der Waals surface area (Å²) in [6.45, 7) is 4.80. The van der Waals surface area contributed by atoms with E-state index in [0.29, 0.717) is 38.6 Å². The molecule has 41 heavy (non-hydrogen) atoms. The number of carboxylic acids is 1. The lowest BCUT2D eigenvalue weighted by Crippen LogP contribution is -2.40. The van der Waals surface area contributed by atoms with E-state index < -0.39 is 12.0 Å². The molecule has 0 spiro atoms. The molecule has 2 atom stereocenters. The van der Waals surface area contributed by atoms with Crippen molar-refractivity contribution in [3.63, 3.8) is 0 Å². The third-order valence-corrected chi connectivity index (χ3v) is 7.22. The molecule has 7 nitrogen and oxygen atoms in total. The number of allylic oxidation sites excluding steroid dienone is 3. The van der Waals surface area contributed by atoms with Crippen LogP contribution in [0.15, 0.2) is 24.3 Å². The van der Waals surface area contributed by atoms with Gasteiger partial charge in [-0.25, -0.2) is 4.79 Å². The van der Waals surface area contributed by atoms with Crippen LogP contribution >= 0.6 is 0 Å². The summed E-state index contributed by atoms with van der Waals surface area (Å²) in [5.41, 5.74) is 5.45. The monoisotopic (exact) mass is 578 g/mol. The van der Waals surface area contributed by atoms with E-state index in [2.05, 4.69) is 37.4 Å². The number of nitrogens with one attached hydrogen (secondary N) is 1. The highest BCUT2D eigenvalue weighted by Crippen LogP contribution is 2.14. The number of carbonyl (C=O) groups is 3. The maximum Gasteiger partial charge on any atom is 0.326 e. The molecular formula is C34H62N2O5. The Morgan fingerprint density at radius 2 is 1.29 bits per heavy atom. The normalized spacial score (nSPS) is 13.0. The number of rotatable bonds is 29. The third-order valence-electron chi connectivity index (χ3n) is 7.22. The molecule has 0 radical (unpaired) electrons. The Hall–Kier alpha value is -2.15. The Kier molecular flexibility index (Phi) is 27.8. The predicted octanol–water partition coefficient (Wildman–Crippen LogP) is 8.16. The van der Waals surface area contributed by atoms with Gasteiger partial charge in [-0.3, -0.25) is 9.59 Å². The summed E-state index contributed by atoms with van der Waals surface area (Å²) in [6, 6.07) is -0.867. The molecule has 0 aliphatic rings. The molecule has 0 aromatic heterocycles. The van der Waals surface area contributed by atoms with Crippen molar-refractivity contribution in [1.29, 1.82) is 0 Å².